The minimum Gasteiger partial charge on any atom is -0.658 e. The molecule has 0 spiro atoms. The molecule has 0 atom stereocenters. The average Bonchev–Trinajstić information content (AvgIpc) is 2.68. The fraction of sp³-hybridized carbons (Fsp3) is 0.429. The van der Waals surface area contributed by atoms with E-state index >= 15 is 0 Å². The van der Waals surface area contributed by atoms with Gasteiger partial charge in [-0.1, -0.05) is 59.6 Å². The first-order chi connectivity index (χ1) is 12.9. The van der Waals surface area contributed by atoms with E-state index in [9.17, 15) is 0 Å². The molecule has 28 heavy (non-hydrogen) atoms. The Balaban J connectivity index is 0.00000127. The molecular formula is C21H27Cl3KN2O+. The fourth-order valence-corrected chi connectivity index (χ4v) is 3.66. The largest absolute Gasteiger partial charge is 1.00 e. The summed E-state index contributed by atoms with van der Waals surface area (Å²) >= 11 is 16.6. The summed E-state index contributed by atoms with van der Waals surface area (Å²) < 4.78 is 6.49. The summed E-state index contributed by atoms with van der Waals surface area (Å²) in [4.78, 5) is 0. The number of halogens is 3. The van der Waals surface area contributed by atoms with Crippen LogP contribution in [0.15, 0.2) is 42.5 Å². The minimum atomic E-state index is 0. The van der Waals surface area contributed by atoms with Gasteiger partial charge in [0.2, 0.25) is 0 Å². The van der Waals surface area contributed by atoms with Crippen molar-refractivity contribution in [1.29, 1.82) is 0 Å². The van der Waals surface area contributed by atoms with E-state index in [-0.39, 0.29) is 51.4 Å². The van der Waals surface area contributed by atoms with Gasteiger partial charge in [0.15, 0.2) is 0 Å². The van der Waals surface area contributed by atoms with Crippen molar-refractivity contribution >= 4 is 46.2 Å². The predicted molar refractivity (Wildman–Crippen MR) is 117 cm³/mol. The summed E-state index contributed by atoms with van der Waals surface area (Å²) in [5.41, 5.74) is 3.04. The maximum absolute atomic E-state index is 6.05. The molecular weight excluding hydrogens is 442 g/mol. The second-order valence-electron chi connectivity index (χ2n) is 7.16. The van der Waals surface area contributed by atoms with Gasteiger partial charge in [0.25, 0.3) is 0 Å². The first kappa shape index (κ1) is 26.7. The Morgan fingerprint density at radius 2 is 1.50 bits per heavy atom. The van der Waals surface area contributed by atoms with E-state index in [1.54, 1.807) is 12.1 Å². The Morgan fingerprint density at radius 3 is 2.07 bits per heavy atom. The van der Waals surface area contributed by atoms with Gasteiger partial charge in [0, 0.05) is 24.8 Å². The van der Waals surface area contributed by atoms with Gasteiger partial charge in [0.05, 0.1) is 43.4 Å². The quantitative estimate of drug-likeness (QED) is 0.370. The van der Waals surface area contributed by atoms with Gasteiger partial charge in [-0.25, -0.2) is 0 Å². The topological polar surface area (TPSA) is 23.3 Å². The molecule has 0 aliphatic carbocycles. The van der Waals surface area contributed by atoms with Crippen molar-refractivity contribution in [3.63, 3.8) is 0 Å². The Labute approximate surface area is 226 Å². The van der Waals surface area contributed by atoms with Crippen molar-refractivity contribution in [3.05, 3.63) is 63.4 Å². The Hall–Kier alpha value is 0.666. The van der Waals surface area contributed by atoms with Crippen molar-refractivity contribution in [3.8, 4) is 0 Å². The van der Waals surface area contributed by atoms with Crippen LogP contribution in [0.5, 0.6) is 0 Å². The molecule has 3 nitrogen and oxygen atoms in total. The molecule has 3 rings (SSSR count). The number of ether oxygens (including phenoxy) is 1. The van der Waals surface area contributed by atoms with E-state index in [1.807, 2.05) is 6.07 Å². The van der Waals surface area contributed by atoms with Crippen molar-refractivity contribution in [2.75, 3.05) is 33.7 Å². The maximum Gasteiger partial charge on any atom is 1.00 e. The number of quaternary nitrogens is 1. The third kappa shape index (κ3) is 8.07. The molecule has 0 amide bonds. The zero-order chi connectivity index (χ0) is 19.9. The second-order valence-corrected chi connectivity index (χ2v) is 7.97. The van der Waals surface area contributed by atoms with E-state index in [1.165, 1.54) is 11.9 Å². The zero-order valence-electron chi connectivity index (χ0n) is 17.1. The van der Waals surface area contributed by atoms with E-state index in [0.717, 1.165) is 48.5 Å². The maximum atomic E-state index is 6.05. The standard InChI is InChI=1S/C20H24Cl2N2O.CH3Cl.K/c1-24(2,18-9-11-25-12-10-18)14-15-3-5-16(6-4-15)23-17-7-8-19(21)20(22)13-17;1-2;/h3-8,13,18H,9-12,14H2,1-2H3;1H3;/q;;+1. The summed E-state index contributed by atoms with van der Waals surface area (Å²) in [5, 5.41) is 5.67. The van der Waals surface area contributed by atoms with Crippen molar-refractivity contribution in [2.45, 2.75) is 25.4 Å². The minimum absolute atomic E-state index is 0. The molecule has 1 fully saturated rings. The second kappa shape index (κ2) is 13.2. The van der Waals surface area contributed by atoms with Crippen LogP contribution in [0.3, 0.4) is 0 Å². The van der Waals surface area contributed by atoms with Crippen LogP contribution in [0, 0.1) is 0 Å². The molecule has 1 aliphatic rings. The molecule has 1 aliphatic heterocycles. The summed E-state index contributed by atoms with van der Waals surface area (Å²) in [5.74, 6) is 0. The summed E-state index contributed by atoms with van der Waals surface area (Å²) in [6, 6.07) is 14.5. The predicted octanol–water partition coefficient (Wildman–Crippen LogP) is 3.94. The third-order valence-electron chi connectivity index (χ3n) is 4.87. The fourth-order valence-electron chi connectivity index (χ4n) is 3.36. The SMILES string of the molecule is CCl.C[N+](C)(Cc1ccc([N-]c2ccc(Cl)c(Cl)c2)cc1)C1CCOCC1.[K+]. The molecule has 0 aromatic heterocycles. The van der Waals surface area contributed by atoms with E-state index in [4.69, 9.17) is 27.9 Å². The molecule has 0 radical (unpaired) electrons. The van der Waals surface area contributed by atoms with Crippen LogP contribution in [-0.4, -0.2) is 44.2 Å². The smallest absolute Gasteiger partial charge is 0.658 e. The van der Waals surface area contributed by atoms with E-state index in [2.05, 4.69) is 55.3 Å². The number of alkyl halides is 1. The number of benzene rings is 2. The van der Waals surface area contributed by atoms with E-state index < -0.39 is 0 Å². The first-order valence-corrected chi connectivity index (χ1v) is 10.5. The van der Waals surface area contributed by atoms with Crippen LogP contribution in [0.4, 0.5) is 11.4 Å². The molecule has 7 heteroatoms. The van der Waals surface area contributed by atoms with Gasteiger partial charge < -0.3 is 14.5 Å². The van der Waals surface area contributed by atoms with Crippen molar-refractivity contribution < 1.29 is 60.6 Å². The molecule has 0 bridgehead atoms. The molecule has 1 saturated heterocycles. The average molecular weight is 469 g/mol. The number of hydrogen-bond donors (Lipinski definition) is 0. The molecule has 0 N–H and O–H groups in total. The van der Waals surface area contributed by atoms with Gasteiger partial charge in [-0.2, -0.15) is 0 Å². The Bertz CT molecular complexity index is 720. The van der Waals surface area contributed by atoms with Gasteiger partial charge >= 0.3 is 51.4 Å². The molecule has 2 aromatic rings. The van der Waals surface area contributed by atoms with E-state index in [0.29, 0.717) is 16.1 Å². The van der Waals surface area contributed by atoms with Crippen LogP contribution in [0.1, 0.15) is 18.4 Å². The molecule has 0 unspecified atom stereocenters. The summed E-state index contributed by atoms with van der Waals surface area (Å²) in [6.07, 6.45) is 3.75. The summed E-state index contributed by atoms with van der Waals surface area (Å²) in [6.45, 7) is 2.78. The van der Waals surface area contributed by atoms with Crippen molar-refractivity contribution in [2.24, 2.45) is 0 Å². The Morgan fingerprint density at radius 1 is 0.929 bits per heavy atom. The Kier molecular flexibility index (Phi) is 12.5. The van der Waals surface area contributed by atoms with Gasteiger partial charge in [-0.3, -0.25) is 0 Å². The first-order valence-electron chi connectivity index (χ1n) is 8.98. The van der Waals surface area contributed by atoms with Gasteiger partial charge in [-0.15, -0.1) is 23.0 Å². The van der Waals surface area contributed by atoms with Crippen LogP contribution < -0.4 is 51.4 Å². The number of hydrogen-bond acceptors (Lipinski definition) is 1. The monoisotopic (exact) mass is 467 g/mol. The molecule has 0 saturated carbocycles. The van der Waals surface area contributed by atoms with Crippen molar-refractivity contribution in [1.82, 2.24) is 0 Å². The van der Waals surface area contributed by atoms with Crippen LogP contribution >= 0.6 is 34.8 Å². The zero-order valence-corrected chi connectivity index (χ0v) is 22.5. The molecule has 1 heterocycles. The normalized spacial score (nSPS) is 14.5. The van der Waals surface area contributed by atoms with Crippen LogP contribution in [0.2, 0.25) is 10.0 Å². The number of rotatable bonds is 5. The van der Waals surface area contributed by atoms with Gasteiger partial charge in [-0.05, 0) is 6.07 Å². The van der Waals surface area contributed by atoms with Crippen LogP contribution in [-0.2, 0) is 11.3 Å². The molecule has 148 valence electrons. The summed E-state index contributed by atoms with van der Waals surface area (Å²) in [7, 11) is 4.62. The molecule has 2 aromatic carbocycles. The van der Waals surface area contributed by atoms with Gasteiger partial charge in [0.1, 0.15) is 6.54 Å². The number of nitrogens with zero attached hydrogens (tertiary/aromatic N) is 2. The third-order valence-corrected chi connectivity index (χ3v) is 5.61. The van der Waals surface area contributed by atoms with Crippen LogP contribution in [0.25, 0.3) is 5.32 Å².